The second kappa shape index (κ2) is 2.21. The van der Waals surface area contributed by atoms with Crippen molar-refractivity contribution in [3.05, 3.63) is 0 Å². The lowest BCUT2D eigenvalue weighted by Crippen LogP contribution is -2.11. The van der Waals surface area contributed by atoms with Crippen molar-refractivity contribution in [1.82, 2.24) is 5.32 Å². The number of aliphatic hydroxyl groups is 1. The molecule has 2 aliphatic rings. The average Bonchev–Trinajstić information content (AvgIpc) is 2.43. The van der Waals surface area contributed by atoms with Crippen molar-refractivity contribution in [2.45, 2.75) is 19.3 Å². The summed E-state index contributed by atoms with van der Waals surface area (Å²) in [6, 6.07) is 0. The quantitative estimate of drug-likeness (QED) is 0.582. The Morgan fingerprint density at radius 1 is 1.60 bits per heavy atom. The van der Waals surface area contributed by atoms with Gasteiger partial charge in [-0.1, -0.05) is 0 Å². The third-order valence-electron chi connectivity index (χ3n) is 3.11. The molecule has 1 spiro atoms. The molecular weight excluding hydrogens is 126 g/mol. The normalized spacial score (nSPS) is 44.7. The number of hydrogen-bond donors (Lipinski definition) is 2. The number of aliphatic hydroxyl groups excluding tert-OH is 1. The van der Waals surface area contributed by atoms with Gasteiger partial charge in [-0.25, -0.2) is 0 Å². The summed E-state index contributed by atoms with van der Waals surface area (Å²) < 4.78 is 0. The van der Waals surface area contributed by atoms with E-state index in [0.29, 0.717) is 12.0 Å². The Balaban J connectivity index is 1.86. The second-order valence-electron chi connectivity index (χ2n) is 3.70. The molecule has 0 bridgehead atoms. The van der Waals surface area contributed by atoms with Crippen LogP contribution < -0.4 is 5.32 Å². The monoisotopic (exact) mass is 141 g/mol. The minimum Gasteiger partial charge on any atom is -0.396 e. The molecule has 2 atom stereocenters. The Morgan fingerprint density at radius 3 is 3.10 bits per heavy atom. The first-order valence-corrected chi connectivity index (χ1v) is 4.19. The van der Waals surface area contributed by atoms with Crippen molar-refractivity contribution in [3.8, 4) is 0 Å². The predicted molar refractivity (Wildman–Crippen MR) is 39.7 cm³/mol. The lowest BCUT2D eigenvalue weighted by molar-refractivity contribution is 0.269. The van der Waals surface area contributed by atoms with Crippen LogP contribution in [0.5, 0.6) is 0 Å². The van der Waals surface area contributed by atoms with Crippen LogP contribution in [0.2, 0.25) is 0 Å². The smallest absolute Gasteiger partial charge is 0.0433 e. The highest BCUT2D eigenvalue weighted by molar-refractivity contribution is 5.06. The first kappa shape index (κ1) is 6.62. The summed E-state index contributed by atoms with van der Waals surface area (Å²) in [5, 5.41) is 12.1. The molecule has 2 nitrogen and oxygen atoms in total. The molecule has 1 aliphatic carbocycles. The third kappa shape index (κ3) is 0.867. The van der Waals surface area contributed by atoms with Crippen LogP contribution in [-0.2, 0) is 0 Å². The number of hydrogen-bond acceptors (Lipinski definition) is 2. The highest BCUT2D eigenvalue weighted by Gasteiger charge is 2.54. The molecule has 2 fully saturated rings. The van der Waals surface area contributed by atoms with Crippen LogP contribution in [0.3, 0.4) is 0 Å². The molecule has 2 N–H and O–H groups in total. The van der Waals surface area contributed by atoms with E-state index in [0.717, 1.165) is 12.3 Å². The Morgan fingerprint density at radius 2 is 2.50 bits per heavy atom. The van der Waals surface area contributed by atoms with Crippen molar-refractivity contribution in [3.63, 3.8) is 0 Å². The maximum atomic E-state index is 8.70. The van der Waals surface area contributed by atoms with E-state index in [4.69, 9.17) is 5.11 Å². The standard InChI is InChI=1S/C8H15NO/c10-4-1-7-5-8(7)2-3-9-6-8/h7,9-10H,1-6H2. The molecule has 58 valence electrons. The fraction of sp³-hybridized carbons (Fsp3) is 1.00. The molecule has 10 heavy (non-hydrogen) atoms. The summed E-state index contributed by atoms with van der Waals surface area (Å²) >= 11 is 0. The molecule has 0 aromatic carbocycles. The van der Waals surface area contributed by atoms with E-state index in [-0.39, 0.29) is 0 Å². The summed E-state index contributed by atoms with van der Waals surface area (Å²) in [5.41, 5.74) is 0.642. The van der Waals surface area contributed by atoms with Gasteiger partial charge in [-0.3, -0.25) is 0 Å². The van der Waals surface area contributed by atoms with E-state index in [9.17, 15) is 0 Å². The Hall–Kier alpha value is -0.0800. The lowest BCUT2D eigenvalue weighted by atomic mass is 10.0. The van der Waals surface area contributed by atoms with E-state index in [1.54, 1.807) is 0 Å². The van der Waals surface area contributed by atoms with Crippen molar-refractivity contribution >= 4 is 0 Å². The molecule has 2 rings (SSSR count). The van der Waals surface area contributed by atoms with Gasteiger partial charge in [0.05, 0.1) is 0 Å². The summed E-state index contributed by atoms with van der Waals surface area (Å²) in [4.78, 5) is 0. The van der Waals surface area contributed by atoms with Gasteiger partial charge in [-0.2, -0.15) is 0 Å². The molecule has 0 aromatic rings. The van der Waals surface area contributed by atoms with Crippen LogP contribution in [0.15, 0.2) is 0 Å². The maximum absolute atomic E-state index is 8.70. The van der Waals surface area contributed by atoms with E-state index in [2.05, 4.69) is 5.32 Å². The highest BCUT2D eigenvalue weighted by atomic mass is 16.3. The fourth-order valence-corrected chi connectivity index (χ4v) is 2.28. The lowest BCUT2D eigenvalue weighted by Gasteiger charge is -2.04. The second-order valence-corrected chi connectivity index (χ2v) is 3.70. The Kier molecular flexibility index (Phi) is 1.46. The minimum atomic E-state index is 0.381. The van der Waals surface area contributed by atoms with Gasteiger partial charge in [0.2, 0.25) is 0 Å². The highest BCUT2D eigenvalue weighted by Crippen LogP contribution is 2.57. The SMILES string of the molecule is OCCC1CC12CCNC2. The topological polar surface area (TPSA) is 32.3 Å². The molecule has 0 radical (unpaired) electrons. The van der Waals surface area contributed by atoms with Crippen molar-refractivity contribution < 1.29 is 5.11 Å². The summed E-state index contributed by atoms with van der Waals surface area (Å²) in [6.07, 6.45) is 3.74. The van der Waals surface area contributed by atoms with Gasteiger partial charge in [0.1, 0.15) is 0 Å². The van der Waals surface area contributed by atoms with Gasteiger partial charge < -0.3 is 10.4 Å². The van der Waals surface area contributed by atoms with Crippen LogP contribution in [-0.4, -0.2) is 24.8 Å². The average molecular weight is 141 g/mol. The largest absolute Gasteiger partial charge is 0.396 e. The van der Waals surface area contributed by atoms with E-state index < -0.39 is 0 Å². The summed E-state index contributed by atoms with van der Waals surface area (Å²) in [7, 11) is 0. The zero-order valence-electron chi connectivity index (χ0n) is 6.27. The van der Waals surface area contributed by atoms with Crippen LogP contribution in [0.4, 0.5) is 0 Å². The van der Waals surface area contributed by atoms with E-state index in [1.165, 1.54) is 25.9 Å². The first-order valence-electron chi connectivity index (χ1n) is 4.19. The van der Waals surface area contributed by atoms with Crippen molar-refractivity contribution in [2.75, 3.05) is 19.7 Å². The molecule has 2 unspecified atom stereocenters. The Labute approximate surface area is 61.6 Å². The molecule has 1 saturated heterocycles. The van der Waals surface area contributed by atoms with Crippen molar-refractivity contribution in [1.29, 1.82) is 0 Å². The summed E-state index contributed by atoms with van der Waals surface area (Å²) in [6.45, 7) is 2.78. The molecule has 2 heteroatoms. The first-order chi connectivity index (χ1) is 4.87. The number of rotatable bonds is 2. The van der Waals surface area contributed by atoms with Crippen LogP contribution in [0.25, 0.3) is 0 Å². The molecule has 0 amide bonds. The molecule has 1 heterocycles. The fourth-order valence-electron chi connectivity index (χ4n) is 2.28. The van der Waals surface area contributed by atoms with Gasteiger partial charge in [-0.05, 0) is 37.1 Å². The zero-order chi connectivity index (χ0) is 7.03. The Bertz CT molecular complexity index is 129. The molecule has 0 aromatic heterocycles. The van der Waals surface area contributed by atoms with Crippen LogP contribution >= 0.6 is 0 Å². The minimum absolute atomic E-state index is 0.381. The van der Waals surface area contributed by atoms with Gasteiger partial charge in [0.15, 0.2) is 0 Å². The molecule has 1 saturated carbocycles. The molecular formula is C8H15NO. The van der Waals surface area contributed by atoms with E-state index in [1.807, 2.05) is 0 Å². The predicted octanol–water partition coefficient (Wildman–Crippen LogP) is 0.368. The van der Waals surface area contributed by atoms with Crippen molar-refractivity contribution in [2.24, 2.45) is 11.3 Å². The maximum Gasteiger partial charge on any atom is 0.0433 e. The van der Waals surface area contributed by atoms with Gasteiger partial charge in [0.25, 0.3) is 0 Å². The van der Waals surface area contributed by atoms with E-state index >= 15 is 0 Å². The van der Waals surface area contributed by atoms with Gasteiger partial charge in [-0.15, -0.1) is 0 Å². The van der Waals surface area contributed by atoms with Gasteiger partial charge >= 0.3 is 0 Å². The van der Waals surface area contributed by atoms with Crippen LogP contribution in [0, 0.1) is 11.3 Å². The summed E-state index contributed by atoms with van der Waals surface area (Å²) in [5.74, 6) is 0.840. The zero-order valence-corrected chi connectivity index (χ0v) is 6.27. The molecule has 1 aliphatic heterocycles. The van der Waals surface area contributed by atoms with Gasteiger partial charge in [0, 0.05) is 13.2 Å². The number of nitrogens with one attached hydrogen (secondary N) is 1. The third-order valence-corrected chi connectivity index (χ3v) is 3.11. The van der Waals surface area contributed by atoms with Crippen LogP contribution in [0.1, 0.15) is 19.3 Å².